The molecule has 1 saturated carbocycles. The van der Waals surface area contributed by atoms with E-state index < -0.39 is 0 Å². The van der Waals surface area contributed by atoms with Crippen LogP contribution in [0.25, 0.3) is 0 Å². The average Bonchev–Trinajstić information content (AvgIpc) is 2.17. The molecule has 14 heavy (non-hydrogen) atoms. The Bertz CT molecular complexity index is 401. The lowest BCUT2D eigenvalue weighted by atomic mass is 9.58. The first-order chi connectivity index (χ1) is 6.93. The van der Waals surface area contributed by atoms with Gasteiger partial charge >= 0.3 is 0 Å². The van der Waals surface area contributed by atoms with E-state index in [-0.39, 0.29) is 0 Å². The van der Waals surface area contributed by atoms with Crippen LogP contribution in [-0.2, 0) is 0 Å². The summed E-state index contributed by atoms with van der Waals surface area (Å²) in [6, 6.07) is 0. The van der Waals surface area contributed by atoms with Gasteiger partial charge in [0.1, 0.15) is 0 Å². The van der Waals surface area contributed by atoms with Crippen molar-refractivity contribution < 1.29 is 0 Å². The maximum absolute atomic E-state index is 2.48. The number of rotatable bonds is 0. The minimum absolute atomic E-state index is 0.696. The van der Waals surface area contributed by atoms with Crippen molar-refractivity contribution >= 4 is 0 Å². The third-order valence-corrected chi connectivity index (χ3v) is 3.93. The van der Waals surface area contributed by atoms with Crippen LogP contribution in [0.2, 0.25) is 0 Å². The van der Waals surface area contributed by atoms with E-state index in [9.17, 15) is 0 Å². The Kier molecular flexibility index (Phi) is 1.11. The lowest BCUT2D eigenvalue weighted by Gasteiger charge is -2.46. The summed E-state index contributed by atoms with van der Waals surface area (Å²) in [5, 5.41) is 0. The summed E-state index contributed by atoms with van der Waals surface area (Å²) >= 11 is 0. The van der Waals surface area contributed by atoms with E-state index in [0.29, 0.717) is 23.7 Å². The molecule has 0 aromatic heterocycles. The topological polar surface area (TPSA) is 0 Å². The molecule has 4 unspecified atom stereocenters. The zero-order valence-corrected chi connectivity index (χ0v) is 7.93. The molecule has 0 aromatic rings. The van der Waals surface area contributed by atoms with Gasteiger partial charge in [0, 0.05) is 23.7 Å². The molecule has 0 heteroatoms. The zero-order chi connectivity index (χ0) is 9.12. The molecule has 0 aromatic carbocycles. The van der Waals surface area contributed by atoms with Crippen molar-refractivity contribution in [3.05, 3.63) is 59.8 Å². The smallest absolute Gasteiger partial charge is 0.0125 e. The Morgan fingerprint density at radius 2 is 1.14 bits per heavy atom. The Morgan fingerprint density at radius 1 is 0.643 bits per heavy atom. The van der Waals surface area contributed by atoms with Crippen LogP contribution in [0.3, 0.4) is 0 Å². The van der Waals surface area contributed by atoms with E-state index in [1.54, 1.807) is 11.1 Å². The maximum atomic E-state index is 2.48. The van der Waals surface area contributed by atoms with Gasteiger partial charge in [0.2, 0.25) is 0 Å². The second-order valence-electron chi connectivity index (χ2n) is 4.60. The minimum atomic E-state index is 0.696. The third-order valence-electron chi connectivity index (χ3n) is 3.93. The van der Waals surface area contributed by atoms with Crippen LogP contribution in [0, 0.1) is 23.7 Å². The molecular formula is C14H12. The molecule has 4 rings (SSSR count). The van der Waals surface area contributed by atoms with Crippen molar-refractivity contribution in [2.45, 2.75) is 0 Å². The van der Waals surface area contributed by atoms with Crippen LogP contribution in [0.1, 0.15) is 0 Å². The fraction of sp³-hybridized carbons (Fsp3) is 0.286. The van der Waals surface area contributed by atoms with Gasteiger partial charge in [-0.05, 0) is 11.1 Å². The number of hydrogen-bond donors (Lipinski definition) is 0. The molecule has 0 saturated heterocycles. The predicted molar refractivity (Wildman–Crippen MR) is 57.5 cm³/mol. The molecule has 4 aliphatic carbocycles. The first-order valence-electron chi connectivity index (χ1n) is 5.40. The van der Waals surface area contributed by atoms with Crippen LogP contribution in [-0.4, -0.2) is 0 Å². The second-order valence-corrected chi connectivity index (χ2v) is 4.60. The summed E-state index contributed by atoms with van der Waals surface area (Å²) in [5.41, 5.74) is 3.20. The highest BCUT2D eigenvalue weighted by Gasteiger charge is 2.42. The van der Waals surface area contributed by atoms with Crippen LogP contribution in [0.4, 0.5) is 0 Å². The van der Waals surface area contributed by atoms with Crippen molar-refractivity contribution in [1.29, 1.82) is 0 Å². The second kappa shape index (κ2) is 2.20. The molecule has 68 valence electrons. The quantitative estimate of drug-likeness (QED) is 0.503. The normalized spacial score (nSPS) is 45.1. The molecule has 0 bridgehead atoms. The highest BCUT2D eigenvalue weighted by atomic mass is 14.5. The summed E-state index contributed by atoms with van der Waals surface area (Å²) < 4.78 is 0. The van der Waals surface area contributed by atoms with E-state index in [2.05, 4.69) is 48.6 Å². The Labute approximate surface area is 84.0 Å². The molecule has 0 amide bonds. The molecule has 0 N–H and O–H groups in total. The molecule has 0 aliphatic heterocycles. The van der Waals surface area contributed by atoms with Gasteiger partial charge in [-0.25, -0.2) is 0 Å². The van der Waals surface area contributed by atoms with Gasteiger partial charge in [-0.15, -0.1) is 0 Å². The predicted octanol–water partition coefficient (Wildman–Crippen LogP) is 3.03. The molecule has 4 aliphatic rings. The zero-order valence-electron chi connectivity index (χ0n) is 7.93. The first kappa shape index (κ1) is 7.05. The van der Waals surface area contributed by atoms with E-state index in [1.807, 2.05) is 0 Å². The molecule has 4 atom stereocenters. The largest absolute Gasteiger partial charge is 0.0801 e. The SMILES string of the molecule is C1=CC2C3=CC4C=CC4C=C3C2C=C1. The van der Waals surface area contributed by atoms with Crippen molar-refractivity contribution in [3.63, 3.8) is 0 Å². The van der Waals surface area contributed by atoms with Gasteiger partial charge in [-0.2, -0.15) is 0 Å². The standard InChI is InChI=1S/C14H12/c1-2-4-12-11(3-1)13-7-9-5-6-10(9)8-14(12)13/h1-12H. The Morgan fingerprint density at radius 3 is 1.57 bits per heavy atom. The summed E-state index contributed by atoms with van der Waals surface area (Å²) in [4.78, 5) is 0. The molecule has 0 spiro atoms. The molecule has 1 fully saturated rings. The van der Waals surface area contributed by atoms with Gasteiger partial charge in [0.25, 0.3) is 0 Å². The van der Waals surface area contributed by atoms with Crippen LogP contribution in [0.15, 0.2) is 59.8 Å². The summed E-state index contributed by atoms with van der Waals surface area (Å²) in [7, 11) is 0. The summed E-state index contributed by atoms with van der Waals surface area (Å²) in [5.74, 6) is 2.82. The van der Waals surface area contributed by atoms with Crippen LogP contribution < -0.4 is 0 Å². The van der Waals surface area contributed by atoms with Crippen molar-refractivity contribution in [2.75, 3.05) is 0 Å². The molecule has 0 heterocycles. The molecule has 0 radical (unpaired) electrons. The van der Waals surface area contributed by atoms with Gasteiger partial charge in [0.15, 0.2) is 0 Å². The van der Waals surface area contributed by atoms with Crippen molar-refractivity contribution in [3.8, 4) is 0 Å². The van der Waals surface area contributed by atoms with E-state index in [1.165, 1.54) is 0 Å². The Hall–Kier alpha value is -1.30. The fourth-order valence-corrected chi connectivity index (χ4v) is 3.02. The van der Waals surface area contributed by atoms with Gasteiger partial charge < -0.3 is 0 Å². The summed E-state index contributed by atoms with van der Waals surface area (Å²) in [6.07, 6.45) is 18.6. The maximum Gasteiger partial charge on any atom is 0.0125 e. The third kappa shape index (κ3) is 0.672. The lowest BCUT2D eigenvalue weighted by molar-refractivity contribution is 0.466. The van der Waals surface area contributed by atoms with E-state index in [0.717, 1.165) is 0 Å². The highest BCUT2D eigenvalue weighted by molar-refractivity contribution is 5.57. The van der Waals surface area contributed by atoms with E-state index in [4.69, 9.17) is 0 Å². The van der Waals surface area contributed by atoms with E-state index >= 15 is 0 Å². The van der Waals surface area contributed by atoms with Crippen molar-refractivity contribution in [2.24, 2.45) is 23.7 Å². The first-order valence-corrected chi connectivity index (χ1v) is 5.40. The number of allylic oxidation sites excluding steroid dienone is 10. The minimum Gasteiger partial charge on any atom is -0.0801 e. The van der Waals surface area contributed by atoms with Crippen molar-refractivity contribution in [1.82, 2.24) is 0 Å². The van der Waals surface area contributed by atoms with Gasteiger partial charge in [-0.3, -0.25) is 0 Å². The molecular weight excluding hydrogens is 168 g/mol. The summed E-state index contributed by atoms with van der Waals surface area (Å²) in [6.45, 7) is 0. The average molecular weight is 180 g/mol. The molecule has 0 nitrogen and oxygen atoms in total. The van der Waals surface area contributed by atoms with Gasteiger partial charge in [-0.1, -0.05) is 48.6 Å². The monoisotopic (exact) mass is 180 g/mol. The van der Waals surface area contributed by atoms with Gasteiger partial charge in [0.05, 0.1) is 0 Å². The van der Waals surface area contributed by atoms with Crippen LogP contribution in [0.5, 0.6) is 0 Å². The number of fused-ring (bicyclic) bond motifs is 5. The van der Waals surface area contributed by atoms with Crippen LogP contribution >= 0.6 is 0 Å². The Balaban J connectivity index is 1.81. The highest BCUT2D eigenvalue weighted by Crippen LogP contribution is 2.53. The number of hydrogen-bond acceptors (Lipinski definition) is 0. The fourth-order valence-electron chi connectivity index (χ4n) is 3.02. The lowest BCUT2D eigenvalue weighted by Crippen LogP contribution is -2.35.